The first kappa shape index (κ1) is 27.7. The van der Waals surface area contributed by atoms with Gasteiger partial charge in [0.1, 0.15) is 0 Å². The summed E-state index contributed by atoms with van der Waals surface area (Å²) in [5.41, 5.74) is 6.11. The molecule has 2 amide bonds. The third-order valence-electron chi connectivity index (χ3n) is 7.47. The van der Waals surface area contributed by atoms with Crippen molar-refractivity contribution in [3.63, 3.8) is 0 Å². The van der Waals surface area contributed by atoms with Crippen molar-refractivity contribution < 1.29 is 24.0 Å². The highest BCUT2D eigenvalue weighted by atomic mass is 16.6. The minimum atomic E-state index is -0.497. The molecule has 0 unspecified atom stereocenters. The number of nitrogens with one attached hydrogen (secondary N) is 3. The third-order valence-corrected chi connectivity index (χ3v) is 7.47. The molecule has 4 aromatic rings. The standard InChI is InChI=1S/C32H29N5O6/c1-42-30-19-22(4-11-29(30)37(40)41)21-3-9-25-27(18-21)34-28-16-20(2-10-26(28)35-32(25)39)17-31(38)33-23-5-7-24(8-6-23)36-12-14-43-15-13-36/h2-11,16,18-19,34H,12-15,17H2,1H3,(H,33,38)(H,35,39). The van der Waals surface area contributed by atoms with E-state index in [0.717, 1.165) is 29.9 Å². The molecule has 2 heterocycles. The van der Waals surface area contributed by atoms with Crippen LogP contribution in [0.5, 0.6) is 5.75 Å². The lowest BCUT2D eigenvalue weighted by Crippen LogP contribution is -2.36. The van der Waals surface area contributed by atoms with Crippen LogP contribution >= 0.6 is 0 Å². The zero-order valence-corrected chi connectivity index (χ0v) is 23.4. The molecule has 2 aliphatic rings. The number of carbonyl (C=O) groups excluding carboxylic acids is 2. The molecule has 0 bridgehead atoms. The number of nitro groups is 1. The summed E-state index contributed by atoms with van der Waals surface area (Å²) in [7, 11) is 1.38. The lowest BCUT2D eigenvalue weighted by atomic mass is 10.0. The molecule has 0 radical (unpaired) electrons. The van der Waals surface area contributed by atoms with E-state index in [0.29, 0.717) is 47.1 Å². The van der Waals surface area contributed by atoms with Crippen molar-refractivity contribution in [3.05, 3.63) is 100 Å². The zero-order chi connectivity index (χ0) is 29.9. The summed E-state index contributed by atoms with van der Waals surface area (Å²) in [4.78, 5) is 39.0. The number of nitro benzene ring substituents is 1. The van der Waals surface area contributed by atoms with E-state index < -0.39 is 4.92 Å². The van der Waals surface area contributed by atoms with E-state index in [1.54, 1.807) is 30.3 Å². The number of fused-ring (bicyclic) bond motifs is 2. The van der Waals surface area contributed by atoms with E-state index in [4.69, 9.17) is 9.47 Å². The maximum atomic E-state index is 13.0. The Morgan fingerprint density at radius 3 is 2.42 bits per heavy atom. The number of amides is 2. The van der Waals surface area contributed by atoms with Crippen LogP contribution in [0.1, 0.15) is 15.9 Å². The molecule has 1 fully saturated rings. The third kappa shape index (κ3) is 5.97. The summed E-state index contributed by atoms with van der Waals surface area (Å²) >= 11 is 0. The molecule has 11 heteroatoms. The summed E-state index contributed by atoms with van der Waals surface area (Å²) in [5, 5.41) is 20.5. The molecule has 3 N–H and O–H groups in total. The van der Waals surface area contributed by atoms with Gasteiger partial charge in [-0.2, -0.15) is 0 Å². The summed E-state index contributed by atoms with van der Waals surface area (Å²) in [6.45, 7) is 3.10. The Hall–Kier alpha value is -5.42. The molecule has 0 atom stereocenters. The van der Waals surface area contributed by atoms with Gasteiger partial charge in [0.25, 0.3) is 5.91 Å². The predicted octanol–water partition coefficient (Wildman–Crippen LogP) is 5.60. The topological polar surface area (TPSA) is 135 Å². The molecule has 0 saturated carbocycles. The van der Waals surface area contributed by atoms with Crippen molar-refractivity contribution in [2.75, 3.05) is 54.3 Å². The predicted molar refractivity (Wildman–Crippen MR) is 165 cm³/mol. The Labute approximate surface area is 247 Å². The van der Waals surface area contributed by atoms with Crippen molar-refractivity contribution >= 4 is 45.9 Å². The van der Waals surface area contributed by atoms with Gasteiger partial charge < -0.3 is 30.3 Å². The first-order chi connectivity index (χ1) is 20.9. The van der Waals surface area contributed by atoms with Crippen LogP contribution in [0.25, 0.3) is 11.1 Å². The highest BCUT2D eigenvalue weighted by Crippen LogP contribution is 2.37. The summed E-state index contributed by atoms with van der Waals surface area (Å²) in [6, 6.07) is 23.1. The fraction of sp³-hybridized carbons (Fsp3) is 0.188. The van der Waals surface area contributed by atoms with Crippen LogP contribution in [0.2, 0.25) is 0 Å². The van der Waals surface area contributed by atoms with Gasteiger partial charge in [0.2, 0.25) is 5.91 Å². The van der Waals surface area contributed by atoms with Crippen LogP contribution in [0.3, 0.4) is 0 Å². The first-order valence-electron chi connectivity index (χ1n) is 13.8. The maximum Gasteiger partial charge on any atom is 0.310 e. The second-order valence-corrected chi connectivity index (χ2v) is 10.2. The number of benzene rings is 4. The molecule has 11 nitrogen and oxygen atoms in total. The molecular weight excluding hydrogens is 550 g/mol. The maximum absolute atomic E-state index is 13.0. The summed E-state index contributed by atoms with van der Waals surface area (Å²) in [5.74, 6) is -0.295. The fourth-order valence-electron chi connectivity index (χ4n) is 5.25. The van der Waals surface area contributed by atoms with Gasteiger partial charge in [-0.15, -0.1) is 0 Å². The van der Waals surface area contributed by atoms with Crippen molar-refractivity contribution in [1.29, 1.82) is 0 Å². The molecule has 2 aliphatic heterocycles. The number of ether oxygens (including phenoxy) is 2. The van der Waals surface area contributed by atoms with Crippen LogP contribution < -0.4 is 25.6 Å². The van der Waals surface area contributed by atoms with Gasteiger partial charge in [0.15, 0.2) is 5.75 Å². The van der Waals surface area contributed by atoms with E-state index in [1.807, 2.05) is 42.5 Å². The second kappa shape index (κ2) is 11.8. The minimum Gasteiger partial charge on any atom is -0.490 e. The van der Waals surface area contributed by atoms with Crippen LogP contribution in [-0.2, 0) is 16.0 Å². The number of morpholine rings is 1. The number of anilines is 5. The van der Waals surface area contributed by atoms with Crippen molar-refractivity contribution in [1.82, 2.24) is 0 Å². The number of hydrogen-bond donors (Lipinski definition) is 3. The monoisotopic (exact) mass is 579 g/mol. The molecule has 1 saturated heterocycles. The van der Waals surface area contributed by atoms with Gasteiger partial charge in [0, 0.05) is 30.5 Å². The van der Waals surface area contributed by atoms with Crippen molar-refractivity contribution in [2.24, 2.45) is 0 Å². The molecule has 0 spiro atoms. The largest absolute Gasteiger partial charge is 0.490 e. The number of nitrogens with zero attached hydrogens (tertiary/aromatic N) is 2. The molecule has 0 aromatic heterocycles. The number of methoxy groups -OCH3 is 1. The quantitative estimate of drug-likeness (QED) is 0.190. The van der Waals surface area contributed by atoms with Crippen molar-refractivity contribution in [2.45, 2.75) is 6.42 Å². The highest BCUT2D eigenvalue weighted by Gasteiger charge is 2.22. The Kier molecular flexibility index (Phi) is 7.63. The van der Waals surface area contributed by atoms with E-state index in [1.165, 1.54) is 13.2 Å². The van der Waals surface area contributed by atoms with Crippen LogP contribution in [0, 0.1) is 10.1 Å². The van der Waals surface area contributed by atoms with Crippen molar-refractivity contribution in [3.8, 4) is 16.9 Å². The van der Waals surface area contributed by atoms with Crippen LogP contribution in [0.15, 0.2) is 78.9 Å². The molecule has 43 heavy (non-hydrogen) atoms. The van der Waals surface area contributed by atoms with E-state index in [9.17, 15) is 19.7 Å². The number of hydrogen-bond acceptors (Lipinski definition) is 8. The summed E-state index contributed by atoms with van der Waals surface area (Å²) in [6.07, 6.45) is 0.142. The Balaban J connectivity index is 1.18. The van der Waals surface area contributed by atoms with Gasteiger partial charge in [0.05, 0.1) is 54.3 Å². The van der Waals surface area contributed by atoms with E-state index in [-0.39, 0.29) is 29.7 Å². The van der Waals surface area contributed by atoms with E-state index in [2.05, 4.69) is 20.9 Å². The van der Waals surface area contributed by atoms with Gasteiger partial charge in [-0.25, -0.2) is 0 Å². The Bertz CT molecular complexity index is 1720. The first-order valence-corrected chi connectivity index (χ1v) is 13.8. The van der Waals surface area contributed by atoms with Gasteiger partial charge in [-0.1, -0.05) is 12.1 Å². The van der Waals surface area contributed by atoms with Gasteiger partial charge in [-0.3, -0.25) is 19.7 Å². The zero-order valence-electron chi connectivity index (χ0n) is 23.4. The minimum absolute atomic E-state index is 0.131. The van der Waals surface area contributed by atoms with Crippen LogP contribution in [-0.4, -0.2) is 50.2 Å². The number of rotatable bonds is 7. The highest BCUT2D eigenvalue weighted by molar-refractivity contribution is 6.12. The summed E-state index contributed by atoms with van der Waals surface area (Å²) < 4.78 is 10.6. The Morgan fingerprint density at radius 1 is 0.930 bits per heavy atom. The average Bonchev–Trinajstić information content (AvgIpc) is 3.16. The SMILES string of the molecule is COc1cc(-c2ccc3c(c2)Nc2cc(CC(=O)Nc4ccc(N5CCOCC5)cc4)ccc2NC3=O)ccc1[N+](=O)[O-]. The van der Waals surface area contributed by atoms with Gasteiger partial charge in [-0.05, 0) is 77.4 Å². The average molecular weight is 580 g/mol. The molecular formula is C32H29N5O6. The fourth-order valence-corrected chi connectivity index (χ4v) is 5.25. The lowest BCUT2D eigenvalue weighted by molar-refractivity contribution is -0.385. The smallest absolute Gasteiger partial charge is 0.310 e. The number of carbonyl (C=O) groups is 2. The lowest BCUT2D eigenvalue weighted by Gasteiger charge is -2.28. The van der Waals surface area contributed by atoms with Gasteiger partial charge >= 0.3 is 5.69 Å². The molecule has 4 aromatic carbocycles. The normalized spacial score (nSPS) is 14.0. The molecule has 0 aliphatic carbocycles. The molecule has 6 rings (SSSR count). The van der Waals surface area contributed by atoms with E-state index >= 15 is 0 Å². The second-order valence-electron chi connectivity index (χ2n) is 10.2. The molecule has 218 valence electrons. The van der Waals surface area contributed by atoms with Crippen LogP contribution in [0.4, 0.5) is 34.1 Å². The Morgan fingerprint density at radius 2 is 1.67 bits per heavy atom.